The van der Waals surface area contributed by atoms with E-state index in [2.05, 4.69) is 20.1 Å². The van der Waals surface area contributed by atoms with Gasteiger partial charge < -0.3 is 9.30 Å². The summed E-state index contributed by atoms with van der Waals surface area (Å²) in [5, 5.41) is 13.0. The van der Waals surface area contributed by atoms with Gasteiger partial charge in [-0.3, -0.25) is 4.79 Å². The molecule has 0 aliphatic carbocycles. The lowest BCUT2D eigenvalue weighted by Crippen LogP contribution is -2.17. The van der Waals surface area contributed by atoms with Gasteiger partial charge in [0.05, 0.1) is 17.5 Å². The van der Waals surface area contributed by atoms with Crippen LogP contribution in [0.2, 0.25) is 5.02 Å². The number of rotatable bonds is 7. The molecule has 0 radical (unpaired) electrons. The summed E-state index contributed by atoms with van der Waals surface area (Å²) in [6, 6.07) is 9.20. The minimum absolute atomic E-state index is 0.0624. The van der Waals surface area contributed by atoms with E-state index in [1.807, 2.05) is 32.0 Å². The first-order valence-corrected chi connectivity index (χ1v) is 10.9. The lowest BCUT2D eigenvalue weighted by atomic mass is 10.2. The molecule has 0 N–H and O–H groups in total. The van der Waals surface area contributed by atoms with E-state index in [-0.39, 0.29) is 17.6 Å². The second-order valence-electron chi connectivity index (χ2n) is 7.09. The predicted octanol–water partition coefficient (Wildman–Crippen LogP) is 3.89. The molecule has 152 valence electrons. The predicted molar refractivity (Wildman–Crippen MR) is 112 cm³/mol. The molecule has 1 saturated heterocycles. The van der Waals surface area contributed by atoms with Crippen LogP contribution in [0.15, 0.2) is 35.5 Å². The highest BCUT2D eigenvalue weighted by molar-refractivity contribution is 7.99. The van der Waals surface area contributed by atoms with E-state index in [4.69, 9.17) is 16.3 Å². The number of ketones is 1. The molecule has 2 aromatic heterocycles. The maximum atomic E-state index is 12.9. The number of carbonyl (C=O) groups is 1. The zero-order chi connectivity index (χ0) is 20.4. The molecule has 4 rings (SSSR count). The molecule has 7 nitrogen and oxygen atoms in total. The molecule has 3 aromatic rings. The van der Waals surface area contributed by atoms with Crippen molar-refractivity contribution >= 4 is 29.1 Å². The number of aromatic nitrogens is 5. The Labute approximate surface area is 178 Å². The van der Waals surface area contributed by atoms with Crippen LogP contribution in [0.4, 0.5) is 0 Å². The van der Waals surface area contributed by atoms with Gasteiger partial charge in [-0.1, -0.05) is 23.4 Å². The maximum absolute atomic E-state index is 12.9. The summed E-state index contributed by atoms with van der Waals surface area (Å²) in [5.41, 5.74) is 3.61. The number of thioether (sulfide) groups is 1. The Morgan fingerprint density at radius 1 is 1.31 bits per heavy atom. The first kappa shape index (κ1) is 20.1. The first-order chi connectivity index (χ1) is 14.0. The molecule has 0 bridgehead atoms. The van der Waals surface area contributed by atoms with Crippen LogP contribution in [0.1, 0.15) is 34.6 Å². The highest BCUT2D eigenvalue weighted by Crippen LogP contribution is 2.24. The number of carbonyl (C=O) groups excluding carboxylic acids is 1. The highest BCUT2D eigenvalue weighted by Gasteiger charge is 2.21. The molecule has 0 saturated carbocycles. The number of nitrogens with zero attached hydrogens (tertiary/aromatic N) is 5. The Morgan fingerprint density at radius 2 is 2.10 bits per heavy atom. The molecular formula is C20H22ClN5O2S. The zero-order valence-corrected chi connectivity index (χ0v) is 17.9. The molecular weight excluding hydrogens is 410 g/mol. The van der Waals surface area contributed by atoms with Gasteiger partial charge in [0.1, 0.15) is 0 Å². The Kier molecular flexibility index (Phi) is 6.03. The van der Waals surface area contributed by atoms with E-state index < -0.39 is 0 Å². The first-order valence-electron chi connectivity index (χ1n) is 9.51. The number of halogens is 1. The minimum atomic E-state index is 0.0624. The Morgan fingerprint density at radius 3 is 2.83 bits per heavy atom. The zero-order valence-electron chi connectivity index (χ0n) is 16.3. The fraction of sp³-hybridized carbons (Fsp3) is 0.400. The molecule has 1 atom stereocenters. The van der Waals surface area contributed by atoms with Crippen LogP contribution in [0.5, 0.6) is 0 Å². The number of hydrogen-bond acceptors (Lipinski definition) is 6. The second kappa shape index (κ2) is 8.69. The van der Waals surface area contributed by atoms with Crippen molar-refractivity contribution in [3.63, 3.8) is 0 Å². The number of Topliss-reactive ketones (excluding diaryl/α,β-unsaturated/α-hetero) is 1. The maximum Gasteiger partial charge on any atom is 0.214 e. The van der Waals surface area contributed by atoms with E-state index in [1.165, 1.54) is 11.8 Å². The Balaban J connectivity index is 1.46. The monoisotopic (exact) mass is 431 g/mol. The second-order valence-corrected chi connectivity index (χ2v) is 8.47. The number of ether oxygens (including phenoxy) is 1. The van der Waals surface area contributed by atoms with Crippen molar-refractivity contribution in [2.24, 2.45) is 0 Å². The summed E-state index contributed by atoms with van der Waals surface area (Å²) in [6.07, 6.45) is 2.42. The van der Waals surface area contributed by atoms with Crippen LogP contribution in [-0.4, -0.2) is 49.0 Å². The summed E-state index contributed by atoms with van der Waals surface area (Å²) in [6.45, 7) is 5.66. The fourth-order valence-electron chi connectivity index (χ4n) is 3.58. The van der Waals surface area contributed by atoms with E-state index in [9.17, 15) is 4.79 Å². The average Bonchev–Trinajstić information content (AvgIpc) is 3.45. The summed E-state index contributed by atoms with van der Waals surface area (Å²) in [5.74, 6) is 0.324. The Hall–Kier alpha value is -2.16. The largest absolute Gasteiger partial charge is 0.376 e. The normalized spacial score (nSPS) is 16.4. The molecule has 3 heterocycles. The minimum Gasteiger partial charge on any atom is -0.376 e. The third kappa shape index (κ3) is 4.39. The van der Waals surface area contributed by atoms with Gasteiger partial charge in [-0.2, -0.15) is 4.68 Å². The van der Waals surface area contributed by atoms with Crippen molar-refractivity contribution in [1.29, 1.82) is 0 Å². The van der Waals surface area contributed by atoms with Crippen molar-refractivity contribution in [2.45, 2.75) is 44.5 Å². The SMILES string of the molecule is Cc1cc(C(=O)CSc2nnnn2-c2ccc(Cl)cc2)c(C)n1C[C@H]1CCCO1. The molecule has 0 amide bonds. The molecule has 0 spiro atoms. The molecule has 1 aliphatic rings. The van der Waals surface area contributed by atoms with E-state index >= 15 is 0 Å². The average molecular weight is 432 g/mol. The van der Waals surface area contributed by atoms with Crippen LogP contribution in [-0.2, 0) is 11.3 Å². The summed E-state index contributed by atoms with van der Waals surface area (Å²) in [4.78, 5) is 12.9. The van der Waals surface area contributed by atoms with Crippen LogP contribution >= 0.6 is 23.4 Å². The third-order valence-corrected chi connectivity index (χ3v) is 6.30. The van der Waals surface area contributed by atoms with Gasteiger partial charge in [0.25, 0.3) is 0 Å². The molecule has 0 unspecified atom stereocenters. The lowest BCUT2D eigenvalue weighted by molar-refractivity contribution is 0.0957. The van der Waals surface area contributed by atoms with Crippen LogP contribution in [0, 0.1) is 13.8 Å². The fourth-order valence-corrected chi connectivity index (χ4v) is 4.48. The molecule has 1 fully saturated rings. The van der Waals surface area contributed by atoms with Crippen molar-refractivity contribution < 1.29 is 9.53 Å². The summed E-state index contributed by atoms with van der Waals surface area (Å²) < 4.78 is 9.54. The van der Waals surface area contributed by atoms with Crippen molar-refractivity contribution in [2.75, 3.05) is 12.4 Å². The van der Waals surface area contributed by atoms with Gasteiger partial charge in [0.15, 0.2) is 5.78 Å². The standard InChI is InChI=1S/C20H22ClN5O2S/c1-13-10-18(14(2)25(13)11-17-4-3-9-28-17)19(27)12-29-20-22-23-24-26(20)16-7-5-15(21)6-8-16/h5-8,10,17H,3-4,9,11-12H2,1-2H3/t17-/m1/s1. The summed E-state index contributed by atoms with van der Waals surface area (Å²) in [7, 11) is 0. The van der Waals surface area contributed by atoms with Crippen molar-refractivity contribution in [1.82, 2.24) is 24.8 Å². The summed E-state index contributed by atoms with van der Waals surface area (Å²) >= 11 is 7.27. The van der Waals surface area contributed by atoms with Crippen LogP contribution in [0.25, 0.3) is 5.69 Å². The molecule has 9 heteroatoms. The quantitative estimate of drug-likeness (QED) is 0.417. The van der Waals surface area contributed by atoms with Gasteiger partial charge in [0.2, 0.25) is 5.16 Å². The van der Waals surface area contributed by atoms with Crippen molar-refractivity contribution in [3.05, 3.63) is 52.3 Å². The topological polar surface area (TPSA) is 74.8 Å². The van der Waals surface area contributed by atoms with E-state index in [1.54, 1.807) is 16.8 Å². The Bertz CT molecular complexity index is 1010. The number of aryl methyl sites for hydroxylation is 1. The molecule has 1 aromatic carbocycles. The third-order valence-electron chi connectivity index (χ3n) is 5.13. The molecule has 1 aliphatic heterocycles. The highest BCUT2D eigenvalue weighted by atomic mass is 35.5. The lowest BCUT2D eigenvalue weighted by Gasteiger charge is -2.14. The van der Waals surface area contributed by atoms with E-state index in [0.717, 1.165) is 48.6 Å². The van der Waals surface area contributed by atoms with Crippen LogP contribution in [0.3, 0.4) is 0 Å². The van der Waals surface area contributed by atoms with Gasteiger partial charge in [-0.25, -0.2) is 0 Å². The van der Waals surface area contributed by atoms with Gasteiger partial charge >= 0.3 is 0 Å². The molecule has 29 heavy (non-hydrogen) atoms. The number of benzene rings is 1. The van der Waals surface area contributed by atoms with Crippen molar-refractivity contribution in [3.8, 4) is 5.69 Å². The van der Waals surface area contributed by atoms with Gasteiger partial charge in [-0.05, 0) is 67.4 Å². The smallest absolute Gasteiger partial charge is 0.214 e. The van der Waals surface area contributed by atoms with Gasteiger partial charge in [-0.15, -0.1) is 5.10 Å². The van der Waals surface area contributed by atoms with Crippen LogP contribution < -0.4 is 0 Å². The number of hydrogen-bond donors (Lipinski definition) is 0. The van der Waals surface area contributed by atoms with Gasteiger partial charge in [0, 0.05) is 35.1 Å². The van der Waals surface area contributed by atoms with E-state index in [0.29, 0.717) is 10.2 Å². The number of tetrazole rings is 1.